The SMILES string of the molecule is CCOC(C(=O)Cc1cc(C)ccc1C)C1CCCCC1. The number of ether oxygens (including phenoxy) is 1. The molecule has 1 aliphatic rings. The minimum atomic E-state index is -0.199. The molecule has 1 saturated carbocycles. The van der Waals surface area contributed by atoms with Gasteiger partial charge in [0.25, 0.3) is 0 Å². The van der Waals surface area contributed by atoms with Crippen molar-refractivity contribution in [2.45, 2.75) is 65.4 Å². The number of carbonyl (C=O) groups excluding carboxylic acids is 1. The molecule has 2 rings (SSSR count). The van der Waals surface area contributed by atoms with Crippen LogP contribution in [0.1, 0.15) is 55.7 Å². The van der Waals surface area contributed by atoms with E-state index in [9.17, 15) is 4.79 Å². The number of benzene rings is 1. The number of rotatable bonds is 6. The summed E-state index contributed by atoms with van der Waals surface area (Å²) in [4.78, 5) is 12.7. The molecular weight excluding hydrogens is 260 g/mol. The lowest BCUT2D eigenvalue weighted by Crippen LogP contribution is -2.35. The Labute approximate surface area is 128 Å². The van der Waals surface area contributed by atoms with Crippen molar-refractivity contribution in [2.24, 2.45) is 5.92 Å². The highest BCUT2D eigenvalue weighted by Gasteiger charge is 2.29. The van der Waals surface area contributed by atoms with Crippen LogP contribution in [0, 0.1) is 19.8 Å². The van der Waals surface area contributed by atoms with Crippen LogP contribution in [0.2, 0.25) is 0 Å². The first-order valence-electron chi connectivity index (χ1n) is 8.32. The van der Waals surface area contributed by atoms with Gasteiger partial charge in [0.05, 0.1) is 0 Å². The van der Waals surface area contributed by atoms with Crippen LogP contribution < -0.4 is 0 Å². The fraction of sp³-hybridized carbons (Fsp3) is 0.632. The third-order valence-corrected chi connectivity index (χ3v) is 4.61. The molecule has 1 aromatic carbocycles. The van der Waals surface area contributed by atoms with E-state index in [-0.39, 0.29) is 11.9 Å². The summed E-state index contributed by atoms with van der Waals surface area (Å²) >= 11 is 0. The first-order valence-corrected chi connectivity index (χ1v) is 8.32. The molecule has 2 heteroatoms. The van der Waals surface area contributed by atoms with E-state index in [1.54, 1.807) is 0 Å². The molecule has 0 spiro atoms. The van der Waals surface area contributed by atoms with Crippen molar-refractivity contribution in [2.75, 3.05) is 6.61 Å². The van der Waals surface area contributed by atoms with E-state index in [1.165, 1.54) is 30.4 Å². The zero-order valence-electron chi connectivity index (χ0n) is 13.7. The van der Waals surface area contributed by atoms with Gasteiger partial charge in [-0.05, 0) is 50.7 Å². The molecule has 2 nitrogen and oxygen atoms in total. The second-order valence-corrected chi connectivity index (χ2v) is 6.35. The zero-order valence-corrected chi connectivity index (χ0v) is 13.7. The van der Waals surface area contributed by atoms with E-state index in [1.807, 2.05) is 6.92 Å². The van der Waals surface area contributed by atoms with E-state index >= 15 is 0 Å². The molecule has 0 heterocycles. The van der Waals surface area contributed by atoms with Crippen molar-refractivity contribution in [3.63, 3.8) is 0 Å². The number of carbonyl (C=O) groups is 1. The Bertz CT molecular complexity index is 472. The molecular formula is C19H28O2. The largest absolute Gasteiger partial charge is 0.370 e. The zero-order chi connectivity index (χ0) is 15.2. The minimum Gasteiger partial charge on any atom is -0.370 e. The summed E-state index contributed by atoms with van der Waals surface area (Å²) < 4.78 is 5.84. The Morgan fingerprint density at radius 2 is 1.95 bits per heavy atom. The average molecular weight is 288 g/mol. The third kappa shape index (κ3) is 4.41. The van der Waals surface area contributed by atoms with Crippen LogP contribution in [0.4, 0.5) is 0 Å². The summed E-state index contributed by atoms with van der Waals surface area (Å²) in [5.74, 6) is 0.689. The summed E-state index contributed by atoms with van der Waals surface area (Å²) in [6, 6.07) is 6.34. The van der Waals surface area contributed by atoms with Crippen LogP contribution in [-0.2, 0) is 16.0 Å². The normalized spacial score (nSPS) is 17.7. The summed E-state index contributed by atoms with van der Waals surface area (Å²) in [5.41, 5.74) is 3.57. The smallest absolute Gasteiger partial charge is 0.166 e. The van der Waals surface area contributed by atoms with Crippen molar-refractivity contribution < 1.29 is 9.53 Å². The molecule has 0 aliphatic heterocycles. The lowest BCUT2D eigenvalue weighted by molar-refractivity contribution is -0.134. The van der Waals surface area contributed by atoms with Crippen molar-refractivity contribution in [3.8, 4) is 0 Å². The highest BCUT2D eigenvalue weighted by Crippen LogP contribution is 2.29. The van der Waals surface area contributed by atoms with Crippen molar-refractivity contribution in [1.82, 2.24) is 0 Å². The maximum absolute atomic E-state index is 12.7. The Kier molecular flexibility index (Phi) is 5.98. The van der Waals surface area contributed by atoms with Crippen LogP contribution in [0.3, 0.4) is 0 Å². The number of aryl methyl sites for hydroxylation is 2. The molecule has 21 heavy (non-hydrogen) atoms. The molecule has 1 unspecified atom stereocenters. The summed E-state index contributed by atoms with van der Waals surface area (Å²) in [6.45, 7) is 6.77. The van der Waals surface area contributed by atoms with Gasteiger partial charge in [-0.15, -0.1) is 0 Å². The lowest BCUT2D eigenvalue weighted by atomic mass is 9.82. The van der Waals surface area contributed by atoms with E-state index < -0.39 is 0 Å². The van der Waals surface area contributed by atoms with Gasteiger partial charge in [0.2, 0.25) is 0 Å². The predicted octanol–water partition coefficient (Wildman–Crippen LogP) is 4.40. The van der Waals surface area contributed by atoms with Gasteiger partial charge in [0, 0.05) is 13.0 Å². The maximum atomic E-state index is 12.7. The van der Waals surface area contributed by atoms with E-state index in [0.29, 0.717) is 18.9 Å². The number of hydrogen-bond donors (Lipinski definition) is 0. The fourth-order valence-corrected chi connectivity index (χ4v) is 3.39. The second-order valence-electron chi connectivity index (χ2n) is 6.35. The molecule has 1 fully saturated rings. The number of Topliss-reactive ketones (excluding diaryl/α,β-unsaturated/α-hetero) is 1. The third-order valence-electron chi connectivity index (χ3n) is 4.61. The van der Waals surface area contributed by atoms with Gasteiger partial charge in [-0.1, -0.05) is 43.0 Å². The summed E-state index contributed by atoms with van der Waals surface area (Å²) in [6.07, 6.45) is 6.38. The molecule has 0 aromatic heterocycles. The van der Waals surface area contributed by atoms with Crippen molar-refractivity contribution in [3.05, 3.63) is 34.9 Å². The molecule has 1 atom stereocenters. The predicted molar refractivity (Wildman–Crippen MR) is 86.6 cm³/mol. The van der Waals surface area contributed by atoms with Gasteiger partial charge in [-0.2, -0.15) is 0 Å². The van der Waals surface area contributed by atoms with E-state index in [2.05, 4.69) is 32.0 Å². The van der Waals surface area contributed by atoms with Gasteiger partial charge in [-0.3, -0.25) is 4.79 Å². The highest BCUT2D eigenvalue weighted by atomic mass is 16.5. The topological polar surface area (TPSA) is 26.3 Å². The van der Waals surface area contributed by atoms with Crippen LogP contribution in [0.15, 0.2) is 18.2 Å². The van der Waals surface area contributed by atoms with Gasteiger partial charge >= 0.3 is 0 Å². The second kappa shape index (κ2) is 7.74. The van der Waals surface area contributed by atoms with Crippen LogP contribution in [0.25, 0.3) is 0 Å². The molecule has 116 valence electrons. The van der Waals surface area contributed by atoms with Crippen LogP contribution >= 0.6 is 0 Å². The van der Waals surface area contributed by atoms with Crippen molar-refractivity contribution >= 4 is 5.78 Å². The van der Waals surface area contributed by atoms with Crippen molar-refractivity contribution in [1.29, 1.82) is 0 Å². The molecule has 0 N–H and O–H groups in total. The lowest BCUT2D eigenvalue weighted by Gasteiger charge is -2.29. The standard InChI is InChI=1S/C19H28O2/c1-4-21-19(16-8-6-5-7-9-16)18(20)13-17-12-14(2)10-11-15(17)3/h10-12,16,19H,4-9,13H2,1-3H3. The van der Waals surface area contributed by atoms with Gasteiger partial charge < -0.3 is 4.74 Å². The van der Waals surface area contributed by atoms with Crippen LogP contribution in [0.5, 0.6) is 0 Å². The Morgan fingerprint density at radius 3 is 2.62 bits per heavy atom. The van der Waals surface area contributed by atoms with E-state index in [4.69, 9.17) is 4.74 Å². The minimum absolute atomic E-state index is 0.199. The van der Waals surface area contributed by atoms with Gasteiger partial charge in [0.1, 0.15) is 6.10 Å². The molecule has 0 radical (unpaired) electrons. The molecule has 0 amide bonds. The molecule has 1 aromatic rings. The summed E-state index contributed by atoms with van der Waals surface area (Å²) in [7, 11) is 0. The Morgan fingerprint density at radius 1 is 1.24 bits per heavy atom. The number of ketones is 1. The maximum Gasteiger partial charge on any atom is 0.166 e. The quantitative estimate of drug-likeness (QED) is 0.775. The summed E-state index contributed by atoms with van der Waals surface area (Å²) in [5, 5.41) is 0. The monoisotopic (exact) mass is 288 g/mol. The first-order chi connectivity index (χ1) is 10.1. The highest BCUT2D eigenvalue weighted by molar-refractivity contribution is 5.85. The Balaban J connectivity index is 2.08. The molecule has 0 bridgehead atoms. The molecule has 1 aliphatic carbocycles. The Hall–Kier alpha value is -1.15. The van der Waals surface area contributed by atoms with E-state index in [0.717, 1.165) is 18.4 Å². The van der Waals surface area contributed by atoms with Gasteiger partial charge in [-0.25, -0.2) is 0 Å². The fourth-order valence-electron chi connectivity index (χ4n) is 3.39. The first kappa shape index (κ1) is 16.2. The van der Waals surface area contributed by atoms with Crippen LogP contribution in [-0.4, -0.2) is 18.5 Å². The van der Waals surface area contributed by atoms with Gasteiger partial charge in [0.15, 0.2) is 5.78 Å². The molecule has 0 saturated heterocycles. The number of hydrogen-bond acceptors (Lipinski definition) is 2. The average Bonchev–Trinajstić information content (AvgIpc) is 2.49.